The van der Waals surface area contributed by atoms with E-state index in [0.29, 0.717) is 30.9 Å². The molecule has 1 aromatic rings. The summed E-state index contributed by atoms with van der Waals surface area (Å²) in [5.74, 6) is -1.03. The van der Waals surface area contributed by atoms with Crippen LogP contribution in [0.25, 0.3) is 0 Å². The van der Waals surface area contributed by atoms with Gasteiger partial charge < -0.3 is 44.5 Å². The molecule has 11 heteroatoms. The van der Waals surface area contributed by atoms with Crippen molar-refractivity contribution in [2.24, 2.45) is 17.3 Å². The number of carboxylic acids is 1. The van der Waals surface area contributed by atoms with Gasteiger partial charge >= 0.3 is 5.97 Å². The van der Waals surface area contributed by atoms with Crippen molar-refractivity contribution in [1.82, 2.24) is 4.90 Å². The molecule has 9 rings (SSSR count). The van der Waals surface area contributed by atoms with Crippen LogP contribution in [-0.2, 0) is 26.1 Å². The first-order valence-electron chi connectivity index (χ1n) is 17.1. The molecule has 236 valence electrons. The number of benzene rings is 1. The molecule has 1 aromatic carbocycles. The van der Waals surface area contributed by atoms with Crippen molar-refractivity contribution >= 4 is 5.97 Å². The first-order valence-corrected chi connectivity index (χ1v) is 15.6. The fourth-order valence-corrected chi connectivity index (χ4v) is 10.4. The van der Waals surface area contributed by atoms with Gasteiger partial charge in [-0.15, -0.1) is 0 Å². The molecule has 11 nitrogen and oxygen atoms in total. The van der Waals surface area contributed by atoms with Crippen LogP contribution in [0, 0.1) is 17.3 Å². The van der Waals surface area contributed by atoms with Crippen LogP contribution in [0.3, 0.4) is 0 Å². The van der Waals surface area contributed by atoms with Gasteiger partial charge in [0.2, 0.25) is 6.29 Å². The summed E-state index contributed by atoms with van der Waals surface area (Å²) < 4.78 is 50.1. The van der Waals surface area contributed by atoms with Crippen molar-refractivity contribution in [2.75, 3.05) is 20.2 Å². The number of fused-ring (bicyclic) bond motifs is 2. The van der Waals surface area contributed by atoms with Gasteiger partial charge in [0.25, 0.3) is 0 Å². The smallest absolute Gasteiger partial charge is 0.335 e. The number of aliphatic carboxylic acids is 1. The number of methoxy groups -OCH3 is 1. The largest absolute Gasteiger partial charge is 0.482 e. The number of likely N-dealkylation sites (tertiary alicyclic amines) is 1. The lowest BCUT2D eigenvalue weighted by Crippen LogP contribution is -2.82. The molecule has 3 heterocycles. The topological polar surface area (TPSA) is 158 Å². The third-order valence-corrected chi connectivity index (χ3v) is 12.4. The van der Waals surface area contributed by atoms with E-state index in [1.54, 1.807) is 13.2 Å². The molecule has 12 atom stereocenters. The van der Waals surface area contributed by atoms with Gasteiger partial charge in [0.15, 0.2) is 17.6 Å². The Morgan fingerprint density at radius 1 is 1.19 bits per heavy atom. The molecule has 4 saturated carbocycles. The van der Waals surface area contributed by atoms with Crippen LogP contribution in [0.4, 0.5) is 0 Å². The summed E-state index contributed by atoms with van der Waals surface area (Å²) in [7, 11) is 1.57. The highest BCUT2D eigenvalue weighted by Crippen LogP contribution is 2.77. The predicted molar refractivity (Wildman–Crippen MR) is 150 cm³/mol. The first kappa shape index (κ1) is 25.2. The number of carboxylic acid groups (broad SMARTS) is 1. The quantitative estimate of drug-likeness (QED) is 0.302. The van der Waals surface area contributed by atoms with E-state index in [2.05, 4.69) is 4.90 Å². The van der Waals surface area contributed by atoms with Gasteiger partial charge in [-0.2, -0.15) is 0 Å². The minimum atomic E-state index is -2.67. The van der Waals surface area contributed by atoms with Gasteiger partial charge in [0, 0.05) is 46.1 Å². The summed E-state index contributed by atoms with van der Waals surface area (Å²) in [6, 6.07) is 3.77. The van der Waals surface area contributed by atoms with E-state index in [9.17, 15) is 30.3 Å². The number of carbonyl (C=O) groups is 1. The zero-order chi connectivity index (χ0) is 32.8. The summed E-state index contributed by atoms with van der Waals surface area (Å²) in [5, 5.41) is 52.8. The molecule has 5 N–H and O–H groups in total. The zero-order valence-electron chi connectivity index (χ0n) is 27.4. The van der Waals surface area contributed by atoms with Crippen LogP contribution >= 0.6 is 0 Å². The van der Waals surface area contributed by atoms with Crippen LogP contribution in [0.15, 0.2) is 12.1 Å². The Hall–Kier alpha value is -1.99. The zero-order valence-corrected chi connectivity index (χ0v) is 24.4. The maximum Gasteiger partial charge on any atom is 0.335 e. The van der Waals surface area contributed by atoms with Crippen LogP contribution in [0.1, 0.15) is 67.5 Å². The summed E-state index contributed by atoms with van der Waals surface area (Å²) in [6.07, 6.45) is -3.92. The van der Waals surface area contributed by atoms with Gasteiger partial charge in [-0.05, 0) is 82.8 Å². The van der Waals surface area contributed by atoms with E-state index in [0.717, 1.165) is 37.1 Å². The van der Waals surface area contributed by atoms with Crippen molar-refractivity contribution in [3.63, 3.8) is 0 Å². The molecule has 0 radical (unpaired) electrons. The fraction of sp³-hybridized carbons (Fsp3) is 0.781. The summed E-state index contributed by atoms with van der Waals surface area (Å²) in [5.41, 5.74) is -2.13. The number of piperidine rings is 1. The molecular formula is C32H43NO10. The minimum Gasteiger partial charge on any atom is -0.482 e. The lowest BCUT2D eigenvalue weighted by molar-refractivity contribution is -0.300. The van der Waals surface area contributed by atoms with E-state index in [-0.39, 0.29) is 11.8 Å². The number of ether oxygens (including phenoxy) is 4. The normalized spacial score (nSPS) is 48.7. The van der Waals surface area contributed by atoms with E-state index in [1.807, 2.05) is 6.07 Å². The Morgan fingerprint density at radius 2 is 1.98 bits per heavy atom. The lowest BCUT2D eigenvalue weighted by Gasteiger charge is -2.75. The Kier molecular flexibility index (Phi) is 5.31. The number of hydrogen-bond acceptors (Lipinski definition) is 10. The van der Waals surface area contributed by atoms with Crippen LogP contribution in [0.5, 0.6) is 11.5 Å². The first-order chi connectivity index (χ1) is 21.6. The van der Waals surface area contributed by atoms with Gasteiger partial charge in [-0.1, -0.05) is 6.07 Å². The van der Waals surface area contributed by atoms with Crippen molar-refractivity contribution in [2.45, 2.75) is 118 Å². The molecule has 5 aliphatic carbocycles. The molecule has 2 spiro atoms. The number of hydrogen-bond donors (Lipinski definition) is 5. The van der Waals surface area contributed by atoms with Gasteiger partial charge in [0.05, 0.1) is 5.60 Å². The average molecular weight is 605 g/mol. The van der Waals surface area contributed by atoms with Gasteiger partial charge in [-0.3, -0.25) is 4.90 Å². The van der Waals surface area contributed by atoms with Gasteiger partial charge in [0.1, 0.15) is 30.0 Å². The number of aliphatic hydroxyl groups excluding tert-OH is 3. The lowest BCUT2D eigenvalue weighted by atomic mass is 9.34. The van der Waals surface area contributed by atoms with Crippen molar-refractivity contribution in [3.8, 4) is 11.5 Å². The standard InChI is InChI=1S/C32H43NO10/c1-29(2,39)18-13-30-8-9-32(18,40-3)28-31(30)10-11-33(14-15-4-5-15)19(30)12-16-6-7-17(24(43-28)20(16)31)41-27-23(36)21(34)22(35)25(42-27)26(37)38/h6-7,15,18-19,21-23,25,27-28,34-36,39H,4-5,8-14H2,1-3H3,(H,37,38)/t18-,19-,21+,22+,23-,25+,27-,28-,30-,31+,32-/m1/s1/i1D3/t18-,19-,21+,22+,23-,25+,27-,28-,29+,30-,31+,32-. The van der Waals surface area contributed by atoms with Crippen molar-refractivity contribution in [1.29, 1.82) is 0 Å². The average Bonchev–Trinajstić information content (AvgIpc) is 3.75. The SMILES string of the molecule is [2H]C([2H])([2H])[C@@](C)(O)[C@H]1C[C@@]23CC[C@]1(OC)[C@@H]1Oc4c(O[C@@H]5O[C@H](C(=O)O)[C@@H](O)[C@H](O)[C@H]5O)ccc5c4[C@@]12CCN(CC1CC1)[C@@H]3C5. The van der Waals surface area contributed by atoms with Crippen LogP contribution < -0.4 is 9.47 Å². The molecule has 8 aliphatic rings. The Bertz CT molecular complexity index is 1450. The maximum atomic E-state index is 11.9. The number of aliphatic hydroxyl groups is 4. The van der Waals surface area contributed by atoms with E-state index in [1.165, 1.54) is 19.8 Å². The Labute approximate surface area is 254 Å². The second kappa shape index (κ2) is 9.05. The molecular weight excluding hydrogens is 558 g/mol. The highest BCUT2D eigenvalue weighted by molar-refractivity contribution is 5.73. The van der Waals surface area contributed by atoms with Crippen LogP contribution in [0.2, 0.25) is 0 Å². The Balaban J connectivity index is 1.27. The highest BCUT2D eigenvalue weighted by Gasteiger charge is 2.81. The highest BCUT2D eigenvalue weighted by atomic mass is 16.7. The fourth-order valence-electron chi connectivity index (χ4n) is 10.4. The molecule has 2 saturated heterocycles. The predicted octanol–water partition coefficient (Wildman–Crippen LogP) is 0.953. The second-order valence-electron chi connectivity index (χ2n) is 14.4. The van der Waals surface area contributed by atoms with Crippen molar-refractivity contribution < 1.29 is 53.4 Å². The third kappa shape index (κ3) is 3.53. The molecule has 3 aliphatic heterocycles. The minimum absolute atomic E-state index is 0.111. The molecule has 0 aromatic heterocycles. The summed E-state index contributed by atoms with van der Waals surface area (Å²) in [6.45, 7) is 0.552. The molecule has 6 fully saturated rings. The van der Waals surface area contributed by atoms with Crippen molar-refractivity contribution in [3.05, 3.63) is 23.3 Å². The third-order valence-electron chi connectivity index (χ3n) is 12.4. The van der Waals surface area contributed by atoms with E-state index >= 15 is 0 Å². The Morgan fingerprint density at radius 3 is 2.67 bits per heavy atom. The molecule has 43 heavy (non-hydrogen) atoms. The molecule has 0 unspecified atom stereocenters. The monoisotopic (exact) mass is 604 g/mol. The van der Waals surface area contributed by atoms with E-state index < -0.39 is 77.6 Å². The summed E-state index contributed by atoms with van der Waals surface area (Å²) in [4.78, 5) is 14.4. The summed E-state index contributed by atoms with van der Waals surface area (Å²) >= 11 is 0. The second-order valence-corrected chi connectivity index (χ2v) is 14.4. The molecule has 4 bridgehead atoms. The van der Waals surface area contributed by atoms with E-state index in [4.69, 9.17) is 23.1 Å². The number of rotatable bonds is 7. The maximum absolute atomic E-state index is 11.9. The number of nitrogens with zero attached hydrogens (tertiary/aromatic N) is 1. The molecule has 0 amide bonds. The van der Waals surface area contributed by atoms with Gasteiger partial charge in [-0.25, -0.2) is 4.79 Å². The van der Waals surface area contributed by atoms with Crippen LogP contribution in [-0.4, -0.2) is 111 Å².